The molecule has 3 fully saturated rings. The molecule has 1 saturated carbocycles. The third-order valence-electron chi connectivity index (χ3n) is 4.83. The first kappa shape index (κ1) is 10.4. The second-order valence-electron chi connectivity index (χ2n) is 5.54. The summed E-state index contributed by atoms with van der Waals surface area (Å²) in [4.78, 5) is 2.77. The molecular weight excluding hydrogens is 204 g/mol. The minimum atomic E-state index is 0.874. The van der Waals surface area contributed by atoms with Crippen molar-refractivity contribution in [3.8, 4) is 0 Å². The quantitative estimate of drug-likeness (QED) is 0.718. The van der Waals surface area contributed by atoms with Crippen molar-refractivity contribution in [1.82, 2.24) is 9.21 Å². The first-order valence-corrected chi connectivity index (χ1v) is 6.87. The molecule has 1 aliphatic carbocycles. The zero-order chi connectivity index (χ0) is 10.4. The molecule has 0 N–H and O–H groups in total. The van der Waals surface area contributed by atoms with Gasteiger partial charge in [0, 0.05) is 32.2 Å². The summed E-state index contributed by atoms with van der Waals surface area (Å²) in [6.45, 7) is 7.52. The molecule has 0 spiro atoms. The maximum atomic E-state index is 4.42. The van der Waals surface area contributed by atoms with Crippen LogP contribution in [-0.2, 0) is 0 Å². The highest BCUT2D eigenvalue weighted by atomic mass is 32.1. The lowest BCUT2D eigenvalue weighted by Gasteiger charge is -2.35. The summed E-state index contributed by atoms with van der Waals surface area (Å²) in [6.07, 6.45) is 4.08. The first-order chi connectivity index (χ1) is 7.29. The van der Waals surface area contributed by atoms with E-state index in [1.165, 1.54) is 45.4 Å². The SMILES string of the molecule is CCC1[C@H]2CN(C3CCN(S)CC3)C[C@@H]12. The monoisotopic (exact) mass is 226 g/mol. The van der Waals surface area contributed by atoms with Crippen molar-refractivity contribution in [2.45, 2.75) is 32.2 Å². The number of rotatable bonds is 2. The van der Waals surface area contributed by atoms with Crippen molar-refractivity contribution in [2.75, 3.05) is 26.2 Å². The Bertz CT molecular complexity index is 226. The van der Waals surface area contributed by atoms with Gasteiger partial charge in [0.1, 0.15) is 0 Å². The van der Waals surface area contributed by atoms with E-state index in [0.29, 0.717) is 0 Å². The predicted molar refractivity (Wildman–Crippen MR) is 65.9 cm³/mol. The molecule has 2 aliphatic heterocycles. The molecule has 3 atom stereocenters. The van der Waals surface area contributed by atoms with Crippen LogP contribution in [0.25, 0.3) is 0 Å². The van der Waals surface area contributed by atoms with Gasteiger partial charge in [0.15, 0.2) is 0 Å². The van der Waals surface area contributed by atoms with Crippen molar-refractivity contribution in [2.24, 2.45) is 17.8 Å². The van der Waals surface area contributed by atoms with Crippen LogP contribution in [-0.4, -0.2) is 41.4 Å². The minimum Gasteiger partial charge on any atom is -0.300 e. The van der Waals surface area contributed by atoms with Gasteiger partial charge in [0.2, 0.25) is 0 Å². The van der Waals surface area contributed by atoms with E-state index in [1.807, 2.05) is 0 Å². The van der Waals surface area contributed by atoms with E-state index in [1.54, 1.807) is 0 Å². The number of hydrogen-bond acceptors (Lipinski definition) is 3. The number of hydrogen-bond donors (Lipinski definition) is 1. The van der Waals surface area contributed by atoms with Gasteiger partial charge >= 0.3 is 0 Å². The van der Waals surface area contributed by atoms with E-state index in [0.717, 1.165) is 23.8 Å². The highest BCUT2D eigenvalue weighted by Crippen LogP contribution is 2.54. The average Bonchev–Trinajstić information content (AvgIpc) is 2.72. The maximum absolute atomic E-state index is 4.42. The van der Waals surface area contributed by atoms with Gasteiger partial charge in [-0.2, -0.15) is 0 Å². The van der Waals surface area contributed by atoms with Crippen LogP contribution in [0.3, 0.4) is 0 Å². The zero-order valence-corrected chi connectivity index (χ0v) is 10.5. The number of nitrogens with zero attached hydrogens (tertiary/aromatic N) is 2. The molecule has 3 rings (SSSR count). The predicted octanol–water partition coefficient (Wildman–Crippen LogP) is 1.88. The summed E-state index contributed by atoms with van der Waals surface area (Å²) in [6, 6.07) is 0.874. The number of thiol groups is 1. The van der Waals surface area contributed by atoms with Crippen molar-refractivity contribution >= 4 is 12.8 Å². The molecule has 0 aromatic rings. The molecular formula is C12H22N2S. The van der Waals surface area contributed by atoms with Crippen LogP contribution in [0.15, 0.2) is 0 Å². The normalized spacial score (nSPS) is 43.2. The van der Waals surface area contributed by atoms with E-state index in [4.69, 9.17) is 0 Å². The van der Waals surface area contributed by atoms with Gasteiger partial charge in [0.05, 0.1) is 0 Å². The molecule has 0 aromatic carbocycles. The summed E-state index contributed by atoms with van der Waals surface area (Å²) >= 11 is 4.42. The Balaban J connectivity index is 1.50. The second-order valence-corrected chi connectivity index (χ2v) is 6.10. The second kappa shape index (κ2) is 3.94. The van der Waals surface area contributed by atoms with Crippen LogP contribution in [0.4, 0.5) is 0 Å². The molecule has 2 nitrogen and oxygen atoms in total. The van der Waals surface area contributed by atoms with Crippen molar-refractivity contribution < 1.29 is 0 Å². The highest BCUT2D eigenvalue weighted by Gasteiger charge is 2.55. The van der Waals surface area contributed by atoms with Gasteiger partial charge in [-0.1, -0.05) is 26.2 Å². The Morgan fingerprint density at radius 3 is 2.27 bits per heavy atom. The Labute approximate surface area is 98.5 Å². The Hall–Kier alpha value is 0.270. The molecule has 0 radical (unpaired) electrons. The number of piperidine rings is 2. The molecule has 2 saturated heterocycles. The minimum absolute atomic E-state index is 0.874. The van der Waals surface area contributed by atoms with Gasteiger partial charge in [0.25, 0.3) is 0 Å². The topological polar surface area (TPSA) is 6.48 Å². The van der Waals surface area contributed by atoms with Gasteiger partial charge in [-0.15, -0.1) is 0 Å². The summed E-state index contributed by atoms with van der Waals surface area (Å²) < 4.78 is 2.17. The van der Waals surface area contributed by atoms with Crippen LogP contribution in [0, 0.1) is 17.8 Å². The molecule has 2 heterocycles. The lowest BCUT2D eigenvalue weighted by molar-refractivity contribution is 0.151. The molecule has 0 amide bonds. The molecule has 0 aromatic heterocycles. The average molecular weight is 226 g/mol. The van der Waals surface area contributed by atoms with Crippen LogP contribution >= 0.6 is 12.8 Å². The summed E-state index contributed by atoms with van der Waals surface area (Å²) in [5.41, 5.74) is 0. The highest BCUT2D eigenvalue weighted by molar-refractivity contribution is 7.77. The molecule has 1 unspecified atom stereocenters. The fourth-order valence-electron chi connectivity index (χ4n) is 3.80. The smallest absolute Gasteiger partial charge is 0.0120 e. The van der Waals surface area contributed by atoms with Crippen molar-refractivity contribution in [3.05, 3.63) is 0 Å². The van der Waals surface area contributed by atoms with Gasteiger partial charge < -0.3 is 0 Å². The number of fused-ring (bicyclic) bond motifs is 1. The Morgan fingerprint density at radius 2 is 1.73 bits per heavy atom. The van der Waals surface area contributed by atoms with Crippen LogP contribution in [0.1, 0.15) is 26.2 Å². The first-order valence-electron chi connectivity index (χ1n) is 6.47. The van der Waals surface area contributed by atoms with E-state index < -0.39 is 0 Å². The third kappa shape index (κ3) is 1.83. The Morgan fingerprint density at radius 1 is 1.13 bits per heavy atom. The van der Waals surface area contributed by atoms with Crippen molar-refractivity contribution in [1.29, 1.82) is 0 Å². The fraction of sp³-hybridized carbons (Fsp3) is 1.00. The van der Waals surface area contributed by atoms with Crippen molar-refractivity contribution in [3.63, 3.8) is 0 Å². The lowest BCUT2D eigenvalue weighted by Crippen LogP contribution is -2.42. The van der Waals surface area contributed by atoms with Crippen LogP contribution in [0.2, 0.25) is 0 Å². The van der Waals surface area contributed by atoms with E-state index in [2.05, 4.69) is 28.9 Å². The fourth-order valence-corrected chi connectivity index (χ4v) is 4.03. The summed E-state index contributed by atoms with van der Waals surface area (Å²) in [5, 5.41) is 0. The molecule has 3 aliphatic rings. The van der Waals surface area contributed by atoms with E-state index in [-0.39, 0.29) is 0 Å². The van der Waals surface area contributed by atoms with Crippen LogP contribution < -0.4 is 0 Å². The summed E-state index contributed by atoms with van der Waals surface area (Å²) in [7, 11) is 0. The molecule has 15 heavy (non-hydrogen) atoms. The molecule has 0 bridgehead atoms. The molecule has 86 valence electrons. The molecule has 3 heteroatoms. The Kier molecular flexibility index (Phi) is 2.74. The third-order valence-corrected chi connectivity index (χ3v) is 5.23. The maximum Gasteiger partial charge on any atom is 0.0120 e. The van der Waals surface area contributed by atoms with Gasteiger partial charge in [-0.25, -0.2) is 0 Å². The largest absolute Gasteiger partial charge is 0.300 e. The standard InChI is InChI=1S/C12H22N2S/c1-2-10-11-7-13(8-12(10)11)9-3-5-14(15)6-4-9/h9-12,15H,2-8H2,1H3/t10?,11-,12+. The summed E-state index contributed by atoms with van der Waals surface area (Å²) in [5.74, 6) is 3.24. The number of likely N-dealkylation sites (tertiary alicyclic amines) is 1. The lowest BCUT2D eigenvalue weighted by atomic mass is 10.0. The van der Waals surface area contributed by atoms with E-state index >= 15 is 0 Å². The van der Waals surface area contributed by atoms with E-state index in [9.17, 15) is 0 Å². The van der Waals surface area contributed by atoms with Gasteiger partial charge in [-0.05, 0) is 30.6 Å². The van der Waals surface area contributed by atoms with Crippen LogP contribution in [0.5, 0.6) is 0 Å². The zero-order valence-electron chi connectivity index (χ0n) is 9.60. The van der Waals surface area contributed by atoms with Gasteiger partial charge in [-0.3, -0.25) is 9.21 Å².